The summed E-state index contributed by atoms with van der Waals surface area (Å²) in [6, 6.07) is 13.9. The highest BCUT2D eigenvalue weighted by atomic mass is 19.1. The second kappa shape index (κ2) is 5.86. The fraction of sp³-hybridized carbons (Fsp3) is 0.333. The Balaban J connectivity index is 1.95. The summed E-state index contributed by atoms with van der Waals surface area (Å²) in [5.41, 5.74) is 4.73. The highest BCUT2D eigenvalue weighted by molar-refractivity contribution is 5.72. The van der Waals surface area contributed by atoms with Crippen molar-refractivity contribution in [3.8, 4) is 0 Å². The van der Waals surface area contributed by atoms with E-state index in [9.17, 15) is 4.39 Å². The third-order valence-electron chi connectivity index (χ3n) is 3.92. The topological polar surface area (TPSA) is 15.3 Å². The van der Waals surface area contributed by atoms with Crippen molar-refractivity contribution in [2.75, 3.05) is 11.4 Å². The summed E-state index contributed by atoms with van der Waals surface area (Å²) in [4.78, 5) is 2.30. The molecule has 1 heterocycles. The maximum Gasteiger partial charge on any atom is 0.123 e. The number of fused-ring (bicyclic) bond motifs is 1. The average molecular weight is 284 g/mol. The van der Waals surface area contributed by atoms with Crippen molar-refractivity contribution in [2.24, 2.45) is 0 Å². The fourth-order valence-electron chi connectivity index (χ4n) is 2.86. The number of hydrogen-bond donors (Lipinski definition) is 1. The molecule has 3 rings (SSSR count). The lowest BCUT2D eigenvalue weighted by molar-refractivity contribution is 0.581. The normalized spacial score (nSPS) is 13.8. The van der Waals surface area contributed by atoms with Gasteiger partial charge in [0.2, 0.25) is 0 Å². The number of anilines is 2. The van der Waals surface area contributed by atoms with Crippen molar-refractivity contribution < 1.29 is 4.39 Å². The van der Waals surface area contributed by atoms with Gasteiger partial charge in [0, 0.05) is 30.5 Å². The molecule has 2 aromatic carbocycles. The number of halogens is 1. The van der Waals surface area contributed by atoms with Gasteiger partial charge in [0.1, 0.15) is 5.82 Å². The molecule has 0 spiro atoms. The summed E-state index contributed by atoms with van der Waals surface area (Å²) in [6.07, 6.45) is 1.05. The van der Waals surface area contributed by atoms with Gasteiger partial charge >= 0.3 is 0 Å². The Kier molecular flexibility index (Phi) is 3.93. The van der Waals surface area contributed by atoms with Crippen LogP contribution in [-0.2, 0) is 13.0 Å². The van der Waals surface area contributed by atoms with E-state index in [1.54, 1.807) is 12.1 Å². The molecule has 0 unspecified atom stereocenters. The Labute approximate surface area is 125 Å². The number of benzene rings is 2. The van der Waals surface area contributed by atoms with Gasteiger partial charge in [-0.2, -0.15) is 0 Å². The maximum absolute atomic E-state index is 13.6. The second-order valence-corrected chi connectivity index (χ2v) is 5.84. The first-order chi connectivity index (χ1) is 10.1. The molecule has 0 amide bonds. The van der Waals surface area contributed by atoms with Gasteiger partial charge in [-0.1, -0.05) is 32.0 Å². The van der Waals surface area contributed by atoms with E-state index in [0.717, 1.165) is 24.2 Å². The largest absolute Gasteiger partial charge is 0.341 e. The van der Waals surface area contributed by atoms with Crippen molar-refractivity contribution in [1.29, 1.82) is 0 Å². The zero-order chi connectivity index (χ0) is 14.8. The minimum atomic E-state index is -0.174. The fourth-order valence-corrected chi connectivity index (χ4v) is 2.86. The van der Waals surface area contributed by atoms with Crippen molar-refractivity contribution >= 4 is 11.4 Å². The van der Waals surface area contributed by atoms with E-state index < -0.39 is 0 Å². The Morgan fingerprint density at radius 2 is 1.95 bits per heavy atom. The molecule has 0 atom stereocenters. The van der Waals surface area contributed by atoms with Crippen molar-refractivity contribution in [3.05, 3.63) is 59.4 Å². The van der Waals surface area contributed by atoms with Crippen molar-refractivity contribution in [2.45, 2.75) is 32.9 Å². The highest BCUT2D eigenvalue weighted by Gasteiger charge is 2.22. The number of para-hydroxylation sites is 1. The minimum Gasteiger partial charge on any atom is -0.341 e. The lowest BCUT2D eigenvalue weighted by atomic mass is 10.1. The molecule has 2 aromatic rings. The van der Waals surface area contributed by atoms with Crippen LogP contribution in [0.2, 0.25) is 0 Å². The molecule has 0 radical (unpaired) electrons. The molecule has 1 aliphatic heterocycles. The lowest BCUT2D eigenvalue weighted by Crippen LogP contribution is -2.24. The van der Waals surface area contributed by atoms with E-state index in [-0.39, 0.29) is 5.82 Å². The van der Waals surface area contributed by atoms with E-state index in [2.05, 4.69) is 48.3 Å². The van der Waals surface area contributed by atoms with Gasteiger partial charge in [0.15, 0.2) is 0 Å². The van der Waals surface area contributed by atoms with E-state index in [1.165, 1.54) is 11.3 Å². The van der Waals surface area contributed by atoms with E-state index >= 15 is 0 Å². The first-order valence-electron chi connectivity index (χ1n) is 7.52. The van der Waals surface area contributed by atoms with Gasteiger partial charge in [-0.25, -0.2) is 4.39 Å². The molecule has 1 N–H and O–H groups in total. The first-order valence-corrected chi connectivity index (χ1v) is 7.52. The van der Waals surface area contributed by atoms with Crippen LogP contribution in [0.4, 0.5) is 15.8 Å². The number of rotatable bonds is 4. The molecule has 0 fully saturated rings. The van der Waals surface area contributed by atoms with Gasteiger partial charge in [0.25, 0.3) is 0 Å². The lowest BCUT2D eigenvalue weighted by Gasteiger charge is -2.23. The zero-order valence-corrected chi connectivity index (χ0v) is 12.6. The standard InChI is InChI=1S/C18H21FN2/c1-13(2)20-12-15-11-16(19)7-8-18(15)21-10-9-14-5-3-4-6-17(14)21/h3-8,11,13,20H,9-10,12H2,1-2H3. The maximum atomic E-state index is 13.6. The van der Waals surface area contributed by atoms with Crippen LogP contribution in [0.5, 0.6) is 0 Å². The number of nitrogens with one attached hydrogen (secondary N) is 1. The number of nitrogens with zero attached hydrogens (tertiary/aromatic N) is 1. The molecular weight excluding hydrogens is 263 g/mol. The molecule has 0 saturated heterocycles. The molecule has 3 heteroatoms. The molecule has 0 aliphatic carbocycles. The van der Waals surface area contributed by atoms with Crippen LogP contribution in [0.25, 0.3) is 0 Å². The molecule has 0 bridgehead atoms. The van der Waals surface area contributed by atoms with Crippen LogP contribution >= 0.6 is 0 Å². The monoisotopic (exact) mass is 284 g/mol. The summed E-state index contributed by atoms with van der Waals surface area (Å²) in [5.74, 6) is -0.174. The van der Waals surface area contributed by atoms with E-state index in [0.29, 0.717) is 12.6 Å². The van der Waals surface area contributed by atoms with Crippen LogP contribution in [0, 0.1) is 5.82 Å². The Morgan fingerprint density at radius 1 is 1.14 bits per heavy atom. The summed E-state index contributed by atoms with van der Waals surface area (Å²) in [5, 5.41) is 3.38. The summed E-state index contributed by atoms with van der Waals surface area (Å²) in [6.45, 7) is 5.84. The van der Waals surface area contributed by atoms with Crippen LogP contribution in [0.1, 0.15) is 25.0 Å². The van der Waals surface area contributed by atoms with Gasteiger partial charge in [-0.15, -0.1) is 0 Å². The van der Waals surface area contributed by atoms with Crippen LogP contribution in [0.3, 0.4) is 0 Å². The molecule has 21 heavy (non-hydrogen) atoms. The van der Waals surface area contributed by atoms with Crippen molar-refractivity contribution in [3.63, 3.8) is 0 Å². The molecule has 1 aliphatic rings. The Bertz CT molecular complexity index is 637. The summed E-state index contributed by atoms with van der Waals surface area (Å²) < 4.78 is 13.6. The minimum absolute atomic E-state index is 0.174. The predicted octanol–water partition coefficient (Wildman–Crippen LogP) is 4.02. The highest BCUT2D eigenvalue weighted by Crippen LogP contribution is 2.36. The van der Waals surface area contributed by atoms with E-state index in [1.807, 2.05) is 6.07 Å². The van der Waals surface area contributed by atoms with Gasteiger partial charge in [-0.3, -0.25) is 0 Å². The third kappa shape index (κ3) is 2.93. The van der Waals surface area contributed by atoms with E-state index in [4.69, 9.17) is 0 Å². The average Bonchev–Trinajstić information content (AvgIpc) is 2.89. The molecule has 0 aromatic heterocycles. The molecule has 2 nitrogen and oxygen atoms in total. The smallest absolute Gasteiger partial charge is 0.123 e. The Hall–Kier alpha value is -1.87. The third-order valence-corrected chi connectivity index (χ3v) is 3.92. The van der Waals surface area contributed by atoms with Gasteiger partial charge in [-0.05, 0) is 41.8 Å². The molecule has 110 valence electrons. The quantitative estimate of drug-likeness (QED) is 0.912. The molecule has 0 saturated carbocycles. The van der Waals surface area contributed by atoms with Crippen LogP contribution in [-0.4, -0.2) is 12.6 Å². The first kappa shape index (κ1) is 14.1. The second-order valence-electron chi connectivity index (χ2n) is 5.84. The van der Waals surface area contributed by atoms with Gasteiger partial charge < -0.3 is 10.2 Å². The number of hydrogen-bond acceptors (Lipinski definition) is 2. The zero-order valence-electron chi connectivity index (χ0n) is 12.6. The van der Waals surface area contributed by atoms with Crippen molar-refractivity contribution in [1.82, 2.24) is 5.32 Å². The SMILES string of the molecule is CC(C)NCc1cc(F)ccc1N1CCc2ccccc21. The predicted molar refractivity (Wildman–Crippen MR) is 85.5 cm³/mol. The van der Waals surface area contributed by atoms with Gasteiger partial charge in [0.05, 0.1) is 0 Å². The van der Waals surface area contributed by atoms with Crippen LogP contribution in [0.15, 0.2) is 42.5 Å². The Morgan fingerprint density at radius 3 is 2.76 bits per heavy atom. The molecular formula is C18H21FN2. The summed E-state index contributed by atoms with van der Waals surface area (Å²) in [7, 11) is 0. The summed E-state index contributed by atoms with van der Waals surface area (Å²) >= 11 is 0. The van der Waals surface area contributed by atoms with Crippen LogP contribution < -0.4 is 10.2 Å².